The number of aromatic hydroxyl groups is 1. The van der Waals surface area contributed by atoms with Crippen LogP contribution in [-0.2, 0) is 0 Å². The van der Waals surface area contributed by atoms with Gasteiger partial charge in [0.05, 0.1) is 5.56 Å². The molecule has 20 heavy (non-hydrogen) atoms. The number of nitrogens with zero attached hydrogens (tertiary/aromatic N) is 3. The highest BCUT2D eigenvalue weighted by atomic mass is 79.9. The van der Waals surface area contributed by atoms with Gasteiger partial charge < -0.3 is 9.67 Å². The van der Waals surface area contributed by atoms with Gasteiger partial charge in [-0.15, -0.1) is 0 Å². The van der Waals surface area contributed by atoms with Crippen LogP contribution in [0.25, 0.3) is 22.6 Å². The van der Waals surface area contributed by atoms with E-state index in [4.69, 9.17) is 0 Å². The van der Waals surface area contributed by atoms with Crippen molar-refractivity contribution in [3.05, 3.63) is 41.0 Å². The van der Waals surface area contributed by atoms with E-state index in [0.717, 1.165) is 21.5 Å². The van der Waals surface area contributed by atoms with Gasteiger partial charge in [-0.25, -0.2) is 9.97 Å². The van der Waals surface area contributed by atoms with Gasteiger partial charge in [0, 0.05) is 16.7 Å². The first kappa shape index (κ1) is 13.1. The molecule has 0 aliphatic carbocycles. The molecule has 0 saturated carbocycles. The normalized spacial score (nSPS) is 11.4. The van der Waals surface area contributed by atoms with E-state index in [1.165, 1.54) is 0 Å². The van der Waals surface area contributed by atoms with E-state index in [9.17, 15) is 5.11 Å². The zero-order valence-electron chi connectivity index (χ0n) is 11.2. The van der Waals surface area contributed by atoms with Crippen molar-refractivity contribution in [3.63, 3.8) is 0 Å². The SMILES string of the molecule is CC(C)n1c(-c2cc(Br)ccc2O)nc2cccnc21. The van der Waals surface area contributed by atoms with Gasteiger partial charge in [-0.1, -0.05) is 15.9 Å². The average molecular weight is 332 g/mol. The van der Waals surface area contributed by atoms with Crippen molar-refractivity contribution in [1.29, 1.82) is 0 Å². The van der Waals surface area contributed by atoms with E-state index in [1.807, 2.05) is 22.8 Å². The summed E-state index contributed by atoms with van der Waals surface area (Å²) in [6.07, 6.45) is 1.76. The van der Waals surface area contributed by atoms with Crippen LogP contribution < -0.4 is 0 Å². The Hall–Kier alpha value is -1.88. The van der Waals surface area contributed by atoms with Crippen molar-refractivity contribution in [2.24, 2.45) is 0 Å². The van der Waals surface area contributed by atoms with Gasteiger partial charge in [-0.05, 0) is 44.2 Å². The number of pyridine rings is 1. The molecular weight excluding hydrogens is 318 g/mol. The fraction of sp³-hybridized carbons (Fsp3) is 0.200. The molecule has 0 saturated heterocycles. The molecule has 0 bridgehead atoms. The first-order valence-electron chi connectivity index (χ1n) is 6.40. The zero-order chi connectivity index (χ0) is 14.3. The van der Waals surface area contributed by atoms with Crippen LogP contribution in [0.4, 0.5) is 0 Å². The Morgan fingerprint density at radius 1 is 1.25 bits per heavy atom. The van der Waals surface area contributed by atoms with Gasteiger partial charge in [0.15, 0.2) is 5.65 Å². The number of phenolic OH excluding ortho intramolecular Hbond substituents is 1. The van der Waals surface area contributed by atoms with Gasteiger partial charge in [-0.3, -0.25) is 0 Å². The molecule has 0 aliphatic rings. The molecule has 0 radical (unpaired) electrons. The fourth-order valence-electron chi connectivity index (χ4n) is 2.30. The molecular formula is C15H14BrN3O. The molecule has 1 aromatic carbocycles. The Bertz CT molecular complexity index is 780. The summed E-state index contributed by atoms with van der Waals surface area (Å²) >= 11 is 3.44. The number of rotatable bonds is 2. The predicted octanol–water partition coefficient (Wildman–Crippen LogP) is 4.15. The Labute approximate surface area is 125 Å². The third-order valence-electron chi connectivity index (χ3n) is 3.16. The van der Waals surface area contributed by atoms with E-state index in [-0.39, 0.29) is 11.8 Å². The van der Waals surface area contributed by atoms with E-state index in [0.29, 0.717) is 5.56 Å². The lowest BCUT2D eigenvalue weighted by Crippen LogP contribution is -2.04. The summed E-state index contributed by atoms with van der Waals surface area (Å²) in [5.74, 6) is 0.943. The molecule has 3 rings (SSSR count). The Morgan fingerprint density at radius 2 is 2.05 bits per heavy atom. The van der Waals surface area contributed by atoms with E-state index >= 15 is 0 Å². The van der Waals surface area contributed by atoms with Crippen LogP contribution in [-0.4, -0.2) is 19.6 Å². The number of hydrogen-bond acceptors (Lipinski definition) is 3. The summed E-state index contributed by atoms with van der Waals surface area (Å²) in [6, 6.07) is 9.33. The summed E-state index contributed by atoms with van der Waals surface area (Å²) in [5, 5.41) is 10.1. The highest BCUT2D eigenvalue weighted by molar-refractivity contribution is 9.10. The van der Waals surface area contributed by atoms with Crippen LogP contribution in [0.3, 0.4) is 0 Å². The van der Waals surface area contributed by atoms with Gasteiger partial charge in [0.2, 0.25) is 0 Å². The molecule has 2 aromatic heterocycles. The summed E-state index contributed by atoms with van der Waals surface area (Å²) in [5.41, 5.74) is 2.36. The van der Waals surface area contributed by atoms with Crippen LogP contribution in [0.1, 0.15) is 19.9 Å². The minimum absolute atomic E-state index is 0.197. The number of benzene rings is 1. The van der Waals surface area contributed by atoms with Crippen LogP contribution in [0.15, 0.2) is 41.0 Å². The monoisotopic (exact) mass is 331 g/mol. The molecule has 3 aromatic rings. The molecule has 1 N–H and O–H groups in total. The van der Waals surface area contributed by atoms with E-state index < -0.39 is 0 Å². The molecule has 0 amide bonds. The first-order chi connectivity index (χ1) is 9.58. The van der Waals surface area contributed by atoms with Crippen LogP contribution >= 0.6 is 15.9 Å². The maximum atomic E-state index is 10.1. The maximum Gasteiger partial charge on any atom is 0.160 e. The second-order valence-corrected chi connectivity index (χ2v) is 5.82. The molecule has 102 valence electrons. The lowest BCUT2D eigenvalue weighted by molar-refractivity contribution is 0.476. The molecule has 5 heteroatoms. The minimum Gasteiger partial charge on any atom is -0.507 e. The number of imidazole rings is 1. The van der Waals surface area contributed by atoms with Gasteiger partial charge in [0.1, 0.15) is 17.1 Å². The van der Waals surface area contributed by atoms with Gasteiger partial charge in [-0.2, -0.15) is 0 Å². The predicted molar refractivity (Wildman–Crippen MR) is 82.7 cm³/mol. The summed E-state index contributed by atoms with van der Waals surface area (Å²) in [7, 11) is 0. The number of fused-ring (bicyclic) bond motifs is 1. The second-order valence-electron chi connectivity index (χ2n) is 4.91. The van der Waals surface area contributed by atoms with Crippen molar-refractivity contribution < 1.29 is 5.11 Å². The summed E-state index contributed by atoms with van der Waals surface area (Å²) < 4.78 is 2.94. The third-order valence-corrected chi connectivity index (χ3v) is 3.66. The van der Waals surface area contributed by atoms with Crippen molar-refractivity contribution >= 4 is 27.1 Å². The summed E-state index contributed by atoms with van der Waals surface area (Å²) in [6.45, 7) is 4.16. The third kappa shape index (κ3) is 2.08. The highest BCUT2D eigenvalue weighted by Gasteiger charge is 2.18. The molecule has 0 fully saturated rings. The first-order valence-corrected chi connectivity index (χ1v) is 7.19. The van der Waals surface area contributed by atoms with Crippen LogP contribution in [0, 0.1) is 0 Å². The number of halogens is 1. The Balaban J connectivity index is 2.35. The van der Waals surface area contributed by atoms with Crippen molar-refractivity contribution in [3.8, 4) is 17.1 Å². The Kier molecular flexibility index (Phi) is 3.22. The molecule has 2 heterocycles. The lowest BCUT2D eigenvalue weighted by Gasteiger charge is -2.13. The van der Waals surface area contributed by atoms with Gasteiger partial charge >= 0.3 is 0 Å². The average Bonchev–Trinajstić information content (AvgIpc) is 2.80. The fourth-order valence-corrected chi connectivity index (χ4v) is 2.66. The summed E-state index contributed by atoms with van der Waals surface area (Å²) in [4.78, 5) is 9.03. The largest absolute Gasteiger partial charge is 0.507 e. The highest BCUT2D eigenvalue weighted by Crippen LogP contribution is 2.34. The molecule has 4 nitrogen and oxygen atoms in total. The number of aromatic nitrogens is 3. The smallest absolute Gasteiger partial charge is 0.160 e. The number of phenols is 1. The standard InChI is InChI=1S/C15H14BrN3O/c1-9(2)19-14(11-8-10(16)5-6-13(11)20)18-12-4-3-7-17-15(12)19/h3-9,20H,1-2H3. The maximum absolute atomic E-state index is 10.1. The van der Waals surface area contributed by atoms with Crippen molar-refractivity contribution in [2.45, 2.75) is 19.9 Å². The minimum atomic E-state index is 0.197. The van der Waals surface area contributed by atoms with E-state index in [2.05, 4.69) is 39.7 Å². The van der Waals surface area contributed by atoms with Crippen LogP contribution in [0.2, 0.25) is 0 Å². The molecule has 0 spiro atoms. The Morgan fingerprint density at radius 3 is 2.80 bits per heavy atom. The second kappa shape index (κ2) is 4.90. The number of hydrogen-bond donors (Lipinski definition) is 1. The molecule has 0 unspecified atom stereocenters. The topological polar surface area (TPSA) is 50.9 Å². The van der Waals surface area contributed by atoms with Crippen molar-refractivity contribution in [2.75, 3.05) is 0 Å². The molecule has 0 atom stereocenters. The van der Waals surface area contributed by atoms with Crippen LogP contribution in [0.5, 0.6) is 5.75 Å². The zero-order valence-corrected chi connectivity index (χ0v) is 12.8. The van der Waals surface area contributed by atoms with E-state index in [1.54, 1.807) is 18.3 Å². The lowest BCUT2D eigenvalue weighted by atomic mass is 10.2. The van der Waals surface area contributed by atoms with Gasteiger partial charge in [0.25, 0.3) is 0 Å². The quantitative estimate of drug-likeness (QED) is 0.767. The van der Waals surface area contributed by atoms with Crippen molar-refractivity contribution in [1.82, 2.24) is 14.5 Å². The molecule has 0 aliphatic heterocycles.